The molecule has 1 aliphatic heterocycles. The number of hydrogen-bond acceptors (Lipinski definition) is 4. The molecule has 1 N–H and O–H groups in total. The van der Waals surface area contributed by atoms with Crippen molar-refractivity contribution >= 4 is 0 Å². The zero-order chi connectivity index (χ0) is 13.7. The van der Waals surface area contributed by atoms with Crippen molar-refractivity contribution in [1.82, 2.24) is 5.32 Å². The molecule has 4 nitrogen and oxygen atoms in total. The first kappa shape index (κ1) is 14.3. The molecule has 2 atom stereocenters. The number of nitrogens with one attached hydrogen (secondary N) is 1. The molecule has 0 saturated carbocycles. The van der Waals surface area contributed by atoms with Crippen molar-refractivity contribution in [3.63, 3.8) is 0 Å². The molecule has 1 heterocycles. The average molecular weight is 265 g/mol. The summed E-state index contributed by atoms with van der Waals surface area (Å²) in [5.74, 6) is 0.876. The number of morpholine rings is 1. The van der Waals surface area contributed by atoms with Crippen molar-refractivity contribution in [2.45, 2.75) is 25.6 Å². The number of methoxy groups -OCH3 is 2. The second-order valence-corrected chi connectivity index (χ2v) is 4.86. The number of benzene rings is 1. The largest absolute Gasteiger partial charge is 0.496 e. The molecule has 0 spiro atoms. The van der Waals surface area contributed by atoms with Gasteiger partial charge in [-0.1, -0.05) is 6.07 Å². The van der Waals surface area contributed by atoms with E-state index in [1.807, 2.05) is 13.0 Å². The van der Waals surface area contributed by atoms with E-state index in [2.05, 4.69) is 17.4 Å². The first-order valence-corrected chi connectivity index (χ1v) is 6.76. The van der Waals surface area contributed by atoms with Gasteiger partial charge in [0.15, 0.2) is 0 Å². The Hall–Kier alpha value is -1.10. The topological polar surface area (TPSA) is 39.7 Å². The summed E-state index contributed by atoms with van der Waals surface area (Å²) in [6.45, 7) is 4.69. The molecule has 4 heteroatoms. The lowest BCUT2D eigenvalue weighted by Crippen LogP contribution is -2.39. The fraction of sp³-hybridized carbons (Fsp3) is 0.600. The number of hydrogen-bond donors (Lipinski definition) is 1. The fourth-order valence-electron chi connectivity index (χ4n) is 2.37. The van der Waals surface area contributed by atoms with Gasteiger partial charge in [-0.05, 0) is 31.0 Å². The molecule has 1 aromatic rings. The van der Waals surface area contributed by atoms with Crippen LogP contribution in [0.25, 0.3) is 0 Å². The molecule has 1 saturated heterocycles. The van der Waals surface area contributed by atoms with Crippen molar-refractivity contribution < 1.29 is 14.2 Å². The second kappa shape index (κ2) is 6.89. The van der Waals surface area contributed by atoms with E-state index in [4.69, 9.17) is 14.2 Å². The molecule has 0 aliphatic carbocycles. The van der Waals surface area contributed by atoms with Crippen LogP contribution < -0.4 is 10.1 Å². The van der Waals surface area contributed by atoms with E-state index in [-0.39, 0.29) is 12.2 Å². The van der Waals surface area contributed by atoms with E-state index in [0.717, 1.165) is 37.4 Å². The maximum atomic E-state index is 5.74. The Morgan fingerprint density at radius 3 is 2.89 bits per heavy atom. The van der Waals surface area contributed by atoms with Crippen LogP contribution in [0.4, 0.5) is 0 Å². The molecule has 0 aromatic heterocycles. The van der Waals surface area contributed by atoms with Gasteiger partial charge < -0.3 is 19.5 Å². The quantitative estimate of drug-likeness (QED) is 0.883. The number of ether oxygens (including phenoxy) is 3. The molecule has 106 valence electrons. The lowest BCUT2D eigenvalue weighted by atomic mass is 10.0. The van der Waals surface area contributed by atoms with Crippen LogP contribution in [-0.2, 0) is 15.9 Å². The Labute approximate surface area is 115 Å². The SMILES string of the molecule is COc1ccc(CC2CNCCO2)cc1C(C)OC. The highest BCUT2D eigenvalue weighted by Crippen LogP contribution is 2.28. The molecule has 0 radical (unpaired) electrons. The minimum absolute atomic E-state index is 0.0281. The highest BCUT2D eigenvalue weighted by atomic mass is 16.5. The smallest absolute Gasteiger partial charge is 0.124 e. The van der Waals surface area contributed by atoms with Crippen LogP contribution in [0, 0.1) is 0 Å². The molecule has 19 heavy (non-hydrogen) atoms. The van der Waals surface area contributed by atoms with Crippen molar-refractivity contribution in [2.75, 3.05) is 33.9 Å². The van der Waals surface area contributed by atoms with Crippen LogP contribution in [-0.4, -0.2) is 40.0 Å². The van der Waals surface area contributed by atoms with Gasteiger partial charge in [0.25, 0.3) is 0 Å². The van der Waals surface area contributed by atoms with Gasteiger partial charge in [-0.25, -0.2) is 0 Å². The Bertz CT molecular complexity index is 402. The van der Waals surface area contributed by atoms with Gasteiger partial charge in [-0.3, -0.25) is 0 Å². The maximum absolute atomic E-state index is 5.74. The second-order valence-electron chi connectivity index (χ2n) is 4.86. The minimum Gasteiger partial charge on any atom is -0.496 e. The summed E-state index contributed by atoms with van der Waals surface area (Å²) in [5, 5.41) is 3.35. The van der Waals surface area contributed by atoms with Gasteiger partial charge in [0.1, 0.15) is 5.75 Å². The summed E-state index contributed by atoms with van der Waals surface area (Å²) in [6.07, 6.45) is 1.20. The van der Waals surface area contributed by atoms with Gasteiger partial charge in [-0.2, -0.15) is 0 Å². The van der Waals surface area contributed by atoms with Crippen LogP contribution in [0.3, 0.4) is 0 Å². The molecule has 1 aliphatic rings. The van der Waals surface area contributed by atoms with Crippen LogP contribution >= 0.6 is 0 Å². The van der Waals surface area contributed by atoms with E-state index >= 15 is 0 Å². The fourth-order valence-corrected chi connectivity index (χ4v) is 2.37. The molecular weight excluding hydrogens is 242 g/mol. The van der Waals surface area contributed by atoms with Gasteiger partial charge in [0.2, 0.25) is 0 Å². The highest BCUT2D eigenvalue weighted by Gasteiger charge is 2.16. The average Bonchev–Trinajstić information content (AvgIpc) is 2.47. The molecular formula is C15H23NO3. The van der Waals surface area contributed by atoms with E-state index in [1.54, 1.807) is 14.2 Å². The predicted octanol–water partition coefficient (Wildman–Crippen LogP) is 1.93. The Morgan fingerprint density at radius 2 is 2.26 bits per heavy atom. The van der Waals surface area contributed by atoms with Crippen molar-refractivity contribution in [1.29, 1.82) is 0 Å². The lowest BCUT2D eigenvalue weighted by Gasteiger charge is -2.24. The zero-order valence-corrected chi connectivity index (χ0v) is 11.9. The highest BCUT2D eigenvalue weighted by molar-refractivity contribution is 5.39. The van der Waals surface area contributed by atoms with Crippen molar-refractivity contribution in [3.05, 3.63) is 29.3 Å². The Kier molecular flexibility index (Phi) is 5.19. The van der Waals surface area contributed by atoms with Gasteiger partial charge in [-0.15, -0.1) is 0 Å². The third kappa shape index (κ3) is 3.69. The summed E-state index contributed by atoms with van der Waals surface area (Å²) >= 11 is 0. The molecule has 2 rings (SSSR count). The summed E-state index contributed by atoms with van der Waals surface area (Å²) < 4.78 is 16.5. The molecule has 0 bridgehead atoms. The van der Waals surface area contributed by atoms with Crippen LogP contribution in [0.15, 0.2) is 18.2 Å². The Morgan fingerprint density at radius 1 is 1.42 bits per heavy atom. The predicted molar refractivity (Wildman–Crippen MR) is 74.7 cm³/mol. The first-order chi connectivity index (χ1) is 9.24. The van der Waals surface area contributed by atoms with E-state index in [1.165, 1.54) is 5.56 Å². The summed E-state index contributed by atoms with van der Waals surface area (Å²) in [5.41, 5.74) is 2.35. The number of rotatable bonds is 5. The summed E-state index contributed by atoms with van der Waals surface area (Å²) in [7, 11) is 3.40. The van der Waals surface area contributed by atoms with Crippen LogP contribution in [0.5, 0.6) is 5.75 Å². The summed E-state index contributed by atoms with van der Waals surface area (Å²) in [4.78, 5) is 0. The normalized spacial score (nSPS) is 21.1. The van der Waals surface area contributed by atoms with Gasteiger partial charge in [0, 0.05) is 25.8 Å². The first-order valence-electron chi connectivity index (χ1n) is 6.76. The maximum Gasteiger partial charge on any atom is 0.124 e. The van der Waals surface area contributed by atoms with Crippen molar-refractivity contribution in [2.24, 2.45) is 0 Å². The van der Waals surface area contributed by atoms with E-state index in [9.17, 15) is 0 Å². The van der Waals surface area contributed by atoms with Crippen molar-refractivity contribution in [3.8, 4) is 5.75 Å². The Balaban J connectivity index is 2.12. The molecule has 0 amide bonds. The lowest BCUT2D eigenvalue weighted by molar-refractivity contribution is 0.0291. The summed E-state index contributed by atoms with van der Waals surface area (Å²) in [6, 6.07) is 6.27. The standard InChI is InChI=1S/C15H23NO3/c1-11(17-2)14-9-12(4-5-15(14)18-3)8-13-10-16-6-7-19-13/h4-5,9,11,13,16H,6-8,10H2,1-3H3. The van der Waals surface area contributed by atoms with Gasteiger partial charge in [0.05, 0.1) is 25.9 Å². The van der Waals surface area contributed by atoms with Crippen LogP contribution in [0.1, 0.15) is 24.2 Å². The minimum atomic E-state index is 0.0281. The zero-order valence-electron chi connectivity index (χ0n) is 11.9. The van der Waals surface area contributed by atoms with E-state index in [0.29, 0.717) is 0 Å². The van der Waals surface area contributed by atoms with E-state index < -0.39 is 0 Å². The molecule has 2 unspecified atom stereocenters. The monoisotopic (exact) mass is 265 g/mol. The third-order valence-corrected chi connectivity index (χ3v) is 3.55. The van der Waals surface area contributed by atoms with Crippen LogP contribution in [0.2, 0.25) is 0 Å². The molecule has 1 aromatic carbocycles. The van der Waals surface area contributed by atoms with Gasteiger partial charge >= 0.3 is 0 Å². The third-order valence-electron chi connectivity index (χ3n) is 3.55. The molecule has 1 fully saturated rings.